The van der Waals surface area contributed by atoms with E-state index in [9.17, 15) is 27.6 Å². The van der Waals surface area contributed by atoms with Crippen molar-refractivity contribution in [3.63, 3.8) is 0 Å². The van der Waals surface area contributed by atoms with E-state index in [-0.39, 0.29) is 17.5 Å². The molecule has 0 aliphatic carbocycles. The highest BCUT2D eigenvalue weighted by Gasteiger charge is 2.29. The van der Waals surface area contributed by atoms with E-state index in [0.717, 1.165) is 6.08 Å². The molecular formula is C17H25F3O6. The van der Waals surface area contributed by atoms with Crippen molar-refractivity contribution in [2.75, 3.05) is 19.8 Å². The van der Waals surface area contributed by atoms with Crippen molar-refractivity contribution in [1.29, 1.82) is 0 Å². The first kappa shape index (κ1) is 28.2. The first-order valence-electron chi connectivity index (χ1n) is 7.33. The zero-order valence-electron chi connectivity index (χ0n) is 15.4. The summed E-state index contributed by atoms with van der Waals surface area (Å²) in [5, 5.41) is 0. The molecule has 0 fully saturated rings. The number of rotatable bonds is 6. The topological polar surface area (TPSA) is 78.9 Å². The molecule has 0 rings (SSSR count). The summed E-state index contributed by atoms with van der Waals surface area (Å²) in [6.45, 7) is 15.4. The summed E-state index contributed by atoms with van der Waals surface area (Å²) in [5.74, 6) is -1.70. The van der Waals surface area contributed by atoms with Gasteiger partial charge in [-0.2, -0.15) is 13.2 Å². The van der Waals surface area contributed by atoms with Crippen LogP contribution in [0.4, 0.5) is 13.2 Å². The zero-order chi connectivity index (χ0) is 21.3. The Hall–Kier alpha value is -2.58. The molecule has 0 atom stereocenters. The van der Waals surface area contributed by atoms with E-state index < -0.39 is 18.8 Å². The van der Waals surface area contributed by atoms with Gasteiger partial charge in [0.1, 0.15) is 0 Å². The van der Waals surface area contributed by atoms with E-state index in [2.05, 4.69) is 33.9 Å². The Morgan fingerprint density at radius 2 is 1.27 bits per heavy atom. The highest BCUT2D eigenvalue weighted by atomic mass is 19.4. The summed E-state index contributed by atoms with van der Waals surface area (Å²) in [7, 11) is 0. The fraction of sp³-hybridized carbons (Fsp3) is 0.471. The van der Waals surface area contributed by atoms with Crippen molar-refractivity contribution in [2.45, 2.75) is 33.9 Å². The van der Waals surface area contributed by atoms with Crippen LogP contribution in [0.1, 0.15) is 27.7 Å². The van der Waals surface area contributed by atoms with Crippen molar-refractivity contribution >= 4 is 17.9 Å². The van der Waals surface area contributed by atoms with Crippen LogP contribution in [0, 0.1) is 0 Å². The number of hydrogen-bond acceptors (Lipinski definition) is 6. The number of ether oxygens (including phenoxy) is 3. The molecule has 0 aromatic heterocycles. The Labute approximate surface area is 151 Å². The van der Waals surface area contributed by atoms with Gasteiger partial charge in [0, 0.05) is 17.2 Å². The van der Waals surface area contributed by atoms with Crippen molar-refractivity contribution in [3.05, 3.63) is 37.0 Å². The minimum atomic E-state index is -4.47. The van der Waals surface area contributed by atoms with E-state index in [1.54, 1.807) is 20.8 Å². The molecule has 0 spiro atoms. The van der Waals surface area contributed by atoms with Crippen molar-refractivity contribution < 1.29 is 41.8 Å². The summed E-state index contributed by atoms with van der Waals surface area (Å²) in [6.07, 6.45) is -3.32. The molecule has 0 saturated heterocycles. The minimum Gasteiger partial charge on any atom is -0.463 e. The lowest BCUT2D eigenvalue weighted by Crippen LogP contribution is -2.20. The number of alkyl halides is 3. The summed E-state index contributed by atoms with van der Waals surface area (Å²) in [5.41, 5.74) is 0.404. The van der Waals surface area contributed by atoms with Crippen LogP contribution < -0.4 is 0 Å². The molecule has 26 heavy (non-hydrogen) atoms. The largest absolute Gasteiger partial charge is 0.463 e. The first-order valence-corrected chi connectivity index (χ1v) is 7.33. The maximum atomic E-state index is 11.4. The molecule has 0 aliphatic heterocycles. The Kier molecular flexibility index (Phi) is 17.3. The maximum absolute atomic E-state index is 11.4. The average molecular weight is 382 g/mol. The standard InChI is InChI=1S/C6H7F3O2.C6H10O2.C5H8O2/c1-4(2)5(10)11-3-6(7,8)9;1-4-8-6(7)5(2)3;1-3-5(6)7-4-2/h1,3H2,2H3;2,4H2,1,3H3;3H,1,4H2,2H3. The predicted molar refractivity (Wildman–Crippen MR) is 90.1 cm³/mol. The SMILES string of the molecule is C=C(C)C(=O)OCC.C=C(C)C(=O)OCC(F)(F)F.C=CC(=O)OCC. The molecule has 0 amide bonds. The second kappa shape index (κ2) is 15.9. The van der Waals surface area contributed by atoms with Crippen LogP contribution in [0.25, 0.3) is 0 Å². The lowest BCUT2D eigenvalue weighted by atomic mass is 10.4. The summed E-state index contributed by atoms with van der Waals surface area (Å²) < 4.78 is 46.9. The second-order valence-corrected chi connectivity index (χ2v) is 4.43. The van der Waals surface area contributed by atoms with Gasteiger partial charge < -0.3 is 14.2 Å². The molecule has 0 bridgehead atoms. The monoisotopic (exact) mass is 382 g/mol. The molecule has 150 valence electrons. The normalized spacial score (nSPS) is 9.19. The van der Waals surface area contributed by atoms with Crippen molar-refractivity contribution in [1.82, 2.24) is 0 Å². The fourth-order valence-electron chi connectivity index (χ4n) is 0.726. The number of hydrogen-bond donors (Lipinski definition) is 0. The predicted octanol–water partition coefficient (Wildman–Crippen LogP) is 3.53. The van der Waals surface area contributed by atoms with Crippen LogP contribution in [-0.4, -0.2) is 43.9 Å². The van der Waals surface area contributed by atoms with Gasteiger partial charge in [0.05, 0.1) is 13.2 Å². The van der Waals surface area contributed by atoms with Gasteiger partial charge in [-0.3, -0.25) is 0 Å². The molecule has 9 heteroatoms. The van der Waals surface area contributed by atoms with E-state index in [1.165, 1.54) is 6.92 Å². The third kappa shape index (κ3) is 23.7. The van der Waals surface area contributed by atoms with Gasteiger partial charge in [-0.15, -0.1) is 0 Å². The third-order valence-electron chi connectivity index (χ3n) is 1.79. The van der Waals surface area contributed by atoms with Crippen LogP contribution in [0.2, 0.25) is 0 Å². The molecular weight excluding hydrogens is 357 g/mol. The van der Waals surface area contributed by atoms with E-state index >= 15 is 0 Å². The third-order valence-corrected chi connectivity index (χ3v) is 1.79. The number of carbonyl (C=O) groups excluding carboxylic acids is 3. The summed E-state index contributed by atoms with van der Waals surface area (Å²) in [6, 6.07) is 0. The fourth-order valence-corrected chi connectivity index (χ4v) is 0.726. The average Bonchev–Trinajstić information content (AvgIpc) is 2.53. The Morgan fingerprint density at radius 3 is 1.46 bits per heavy atom. The van der Waals surface area contributed by atoms with Crippen LogP contribution in [0.15, 0.2) is 37.0 Å². The van der Waals surface area contributed by atoms with Crippen LogP contribution in [-0.2, 0) is 28.6 Å². The second-order valence-electron chi connectivity index (χ2n) is 4.43. The lowest BCUT2D eigenvalue weighted by Gasteiger charge is -2.06. The highest BCUT2D eigenvalue weighted by molar-refractivity contribution is 5.87. The molecule has 0 aromatic rings. The quantitative estimate of drug-likeness (QED) is 0.397. The number of esters is 3. The Balaban J connectivity index is -0.000000315. The zero-order valence-corrected chi connectivity index (χ0v) is 15.4. The molecule has 0 saturated carbocycles. The first-order chi connectivity index (χ1) is 11.8. The van der Waals surface area contributed by atoms with Gasteiger partial charge in [0.15, 0.2) is 6.61 Å². The van der Waals surface area contributed by atoms with Gasteiger partial charge in [0.2, 0.25) is 0 Å². The molecule has 0 aromatic carbocycles. The number of carbonyl (C=O) groups is 3. The molecule has 6 nitrogen and oxygen atoms in total. The Morgan fingerprint density at radius 1 is 0.885 bits per heavy atom. The van der Waals surface area contributed by atoms with Crippen LogP contribution >= 0.6 is 0 Å². The number of halogens is 3. The van der Waals surface area contributed by atoms with Crippen molar-refractivity contribution in [2.24, 2.45) is 0 Å². The summed E-state index contributed by atoms with van der Waals surface area (Å²) >= 11 is 0. The molecule has 0 unspecified atom stereocenters. The lowest BCUT2D eigenvalue weighted by molar-refractivity contribution is -0.183. The van der Waals surface area contributed by atoms with Gasteiger partial charge in [0.25, 0.3) is 0 Å². The van der Waals surface area contributed by atoms with E-state index in [1.807, 2.05) is 0 Å². The van der Waals surface area contributed by atoms with E-state index in [0.29, 0.717) is 18.8 Å². The van der Waals surface area contributed by atoms with Gasteiger partial charge >= 0.3 is 24.1 Å². The van der Waals surface area contributed by atoms with Gasteiger partial charge in [-0.1, -0.05) is 19.7 Å². The minimum absolute atomic E-state index is 0.0470. The highest BCUT2D eigenvalue weighted by Crippen LogP contribution is 2.14. The van der Waals surface area contributed by atoms with Gasteiger partial charge in [-0.25, -0.2) is 14.4 Å². The van der Waals surface area contributed by atoms with Crippen LogP contribution in [0.3, 0.4) is 0 Å². The molecule has 0 N–H and O–H groups in total. The smallest absolute Gasteiger partial charge is 0.422 e. The van der Waals surface area contributed by atoms with E-state index in [4.69, 9.17) is 0 Å². The summed E-state index contributed by atoms with van der Waals surface area (Å²) in [4.78, 5) is 30.9. The van der Waals surface area contributed by atoms with Crippen molar-refractivity contribution in [3.8, 4) is 0 Å². The molecule has 0 radical (unpaired) electrons. The Bertz CT molecular complexity index is 495. The maximum Gasteiger partial charge on any atom is 0.422 e. The van der Waals surface area contributed by atoms with Crippen LogP contribution in [0.5, 0.6) is 0 Å². The van der Waals surface area contributed by atoms with Gasteiger partial charge in [-0.05, 0) is 27.7 Å². The molecule has 0 heterocycles. The molecule has 0 aliphatic rings.